The maximum absolute atomic E-state index is 13.1. The van der Waals surface area contributed by atoms with E-state index in [4.69, 9.17) is 8.85 Å². The number of alkyl halides is 6. The molecule has 0 aromatic rings. The molecule has 2 atom stereocenters. The highest BCUT2D eigenvalue weighted by Gasteiger charge is 2.46. The first-order valence-electron chi connectivity index (χ1n) is 5.90. The molecule has 0 saturated carbocycles. The fraction of sp³-hybridized carbons (Fsp3) is 1.00. The third-order valence-corrected chi connectivity index (χ3v) is 6.03. The highest BCUT2D eigenvalue weighted by molar-refractivity contribution is 6.67. The van der Waals surface area contributed by atoms with Gasteiger partial charge in [0.15, 0.2) is 12.3 Å². The standard InChI is InChI=1S/C10H18F6O2Si/c1-3-17-19(18-4-2,5-7(11)9(13)14)6-8(12)10(15)16/h7-10H,3-6H2,1-2H3. The summed E-state index contributed by atoms with van der Waals surface area (Å²) >= 11 is 0. The van der Waals surface area contributed by atoms with Crippen molar-refractivity contribution < 1.29 is 35.2 Å². The minimum Gasteiger partial charge on any atom is -0.394 e. The van der Waals surface area contributed by atoms with Crippen LogP contribution in [0, 0.1) is 0 Å². The molecule has 0 aliphatic heterocycles. The lowest BCUT2D eigenvalue weighted by molar-refractivity contribution is 0.0390. The Kier molecular flexibility index (Phi) is 8.67. The minimum atomic E-state index is -3.76. The Morgan fingerprint density at radius 1 is 0.737 bits per heavy atom. The van der Waals surface area contributed by atoms with E-state index in [0.717, 1.165) is 0 Å². The van der Waals surface area contributed by atoms with Gasteiger partial charge in [-0.15, -0.1) is 0 Å². The van der Waals surface area contributed by atoms with Crippen molar-refractivity contribution in [2.45, 2.75) is 51.1 Å². The first kappa shape index (κ1) is 18.7. The zero-order valence-corrected chi connectivity index (χ0v) is 11.7. The number of hydrogen-bond acceptors (Lipinski definition) is 2. The topological polar surface area (TPSA) is 18.5 Å². The molecule has 0 aliphatic carbocycles. The second-order valence-electron chi connectivity index (χ2n) is 3.89. The van der Waals surface area contributed by atoms with Gasteiger partial charge < -0.3 is 8.85 Å². The van der Waals surface area contributed by atoms with Crippen LogP contribution in [-0.4, -0.2) is 47.0 Å². The summed E-state index contributed by atoms with van der Waals surface area (Å²) in [7, 11) is -3.76. The van der Waals surface area contributed by atoms with Crippen molar-refractivity contribution >= 4 is 8.56 Å². The predicted molar refractivity (Wildman–Crippen MR) is 60.4 cm³/mol. The smallest absolute Gasteiger partial charge is 0.344 e. The van der Waals surface area contributed by atoms with Crippen LogP contribution in [0.3, 0.4) is 0 Å². The molecule has 0 fully saturated rings. The van der Waals surface area contributed by atoms with Crippen molar-refractivity contribution in [1.29, 1.82) is 0 Å². The number of rotatable bonds is 10. The maximum Gasteiger partial charge on any atom is 0.344 e. The van der Waals surface area contributed by atoms with Crippen molar-refractivity contribution in [2.24, 2.45) is 0 Å². The lowest BCUT2D eigenvalue weighted by atomic mass is 10.4. The summed E-state index contributed by atoms with van der Waals surface area (Å²) in [6, 6.07) is -1.72. The summed E-state index contributed by atoms with van der Waals surface area (Å²) in [5.41, 5.74) is 0. The molecule has 9 heteroatoms. The molecule has 0 heterocycles. The van der Waals surface area contributed by atoms with Gasteiger partial charge in [0.1, 0.15) is 0 Å². The highest BCUT2D eigenvalue weighted by Crippen LogP contribution is 2.29. The molecule has 0 bridgehead atoms. The SMILES string of the molecule is CCO[Si](CC(F)C(F)F)(CC(F)C(F)F)OCC. The van der Waals surface area contributed by atoms with Gasteiger partial charge in [0.2, 0.25) is 0 Å². The van der Waals surface area contributed by atoms with Gasteiger partial charge in [0, 0.05) is 25.3 Å². The molecule has 0 saturated heterocycles. The van der Waals surface area contributed by atoms with E-state index in [-0.39, 0.29) is 13.2 Å². The van der Waals surface area contributed by atoms with Gasteiger partial charge in [-0.3, -0.25) is 0 Å². The molecular weight excluding hydrogens is 294 g/mol. The lowest BCUT2D eigenvalue weighted by Gasteiger charge is -2.32. The van der Waals surface area contributed by atoms with Crippen molar-refractivity contribution in [3.05, 3.63) is 0 Å². The monoisotopic (exact) mass is 312 g/mol. The van der Waals surface area contributed by atoms with E-state index in [1.54, 1.807) is 0 Å². The largest absolute Gasteiger partial charge is 0.394 e. The van der Waals surface area contributed by atoms with Gasteiger partial charge in [-0.1, -0.05) is 0 Å². The molecule has 0 N–H and O–H groups in total. The summed E-state index contributed by atoms with van der Waals surface area (Å²) in [4.78, 5) is 0. The lowest BCUT2D eigenvalue weighted by Crippen LogP contribution is -2.48. The van der Waals surface area contributed by atoms with Gasteiger partial charge in [0.05, 0.1) is 0 Å². The van der Waals surface area contributed by atoms with E-state index in [1.165, 1.54) is 13.8 Å². The average Bonchev–Trinajstić information content (AvgIpc) is 2.29. The van der Waals surface area contributed by atoms with Crippen LogP contribution >= 0.6 is 0 Å². The summed E-state index contributed by atoms with van der Waals surface area (Å²) in [6.45, 7) is 2.87. The van der Waals surface area contributed by atoms with E-state index >= 15 is 0 Å². The first-order valence-corrected chi connectivity index (χ1v) is 8.13. The summed E-state index contributed by atoms with van der Waals surface area (Å²) in [5, 5.41) is 0. The molecule has 2 nitrogen and oxygen atoms in total. The Morgan fingerprint density at radius 2 is 1.05 bits per heavy atom. The Balaban J connectivity index is 4.94. The van der Waals surface area contributed by atoms with Crippen LogP contribution in [0.25, 0.3) is 0 Å². The number of hydrogen-bond donors (Lipinski definition) is 0. The van der Waals surface area contributed by atoms with Crippen molar-refractivity contribution in [2.75, 3.05) is 13.2 Å². The Hall–Kier alpha value is -0.283. The summed E-state index contributed by atoms with van der Waals surface area (Å²) in [6.07, 6.45) is -11.7. The van der Waals surface area contributed by atoms with Crippen LogP contribution in [0.1, 0.15) is 13.8 Å². The molecule has 0 aromatic carbocycles. The third kappa shape index (κ3) is 6.62. The van der Waals surface area contributed by atoms with E-state index in [1.807, 2.05) is 0 Å². The van der Waals surface area contributed by atoms with Gasteiger partial charge in [0.25, 0.3) is 12.9 Å². The molecule has 0 radical (unpaired) electrons. The van der Waals surface area contributed by atoms with Crippen molar-refractivity contribution in [3.63, 3.8) is 0 Å². The van der Waals surface area contributed by atoms with E-state index in [0.29, 0.717) is 0 Å². The second kappa shape index (κ2) is 8.80. The molecule has 0 aromatic heterocycles. The summed E-state index contributed by atoms with van der Waals surface area (Å²) < 4.78 is 85.3. The van der Waals surface area contributed by atoms with Crippen molar-refractivity contribution in [1.82, 2.24) is 0 Å². The Labute approximate surface area is 109 Å². The number of halogens is 6. The molecule has 0 rings (SSSR count). The minimum absolute atomic E-state index is 0.0435. The average molecular weight is 312 g/mol. The Bertz CT molecular complexity index is 220. The highest BCUT2D eigenvalue weighted by atomic mass is 28.4. The zero-order chi connectivity index (χ0) is 15.1. The molecule has 19 heavy (non-hydrogen) atoms. The van der Waals surface area contributed by atoms with Gasteiger partial charge >= 0.3 is 8.56 Å². The van der Waals surface area contributed by atoms with E-state index in [9.17, 15) is 26.3 Å². The Morgan fingerprint density at radius 3 is 1.26 bits per heavy atom. The fourth-order valence-corrected chi connectivity index (χ4v) is 4.98. The maximum atomic E-state index is 13.1. The van der Waals surface area contributed by atoms with Crippen molar-refractivity contribution in [3.8, 4) is 0 Å². The fourth-order valence-electron chi connectivity index (χ4n) is 1.66. The van der Waals surface area contributed by atoms with Gasteiger partial charge in [-0.25, -0.2) is 26.3 Å². The second-order valence-corrected chi connectivity index (χ2v) is 7.10. The predicted octanol–water partition coefficient (Wildman–Crippen LogP) is 3.71. The summed E-state index contributed by atoms with van der Waals surface area (Å²) in [5.74, 6) is 0. The van der Waals surface area contributed by atoms with E-state index < -0.39 is 45.8 Å². The van der Waals surface area contributed by atoms with Crippen LogP contribution in [0.4, 0.5) is 26.3 Å². The molecule has 2 unspecified atom stereocenters. The van der Waals surface area contributed by atoms with Crippen LogP contribution in [0.15, 0.2) is 0 Å². The van der Waals surface area contributed by atoms with Gasteiger partial charge in [-0.2, -0.15) is 0 Å². The molecule has 0 spiro atoms. The van der Waals surface area contributed by atoms with Crippen LogP contribution in [-0.2, 0) is 8.85 Å². The zero-order valence-electron chi connectivity index (χ0n) is 10.7. The quantitative estimate of drug-likeness (QED) is 0.452. The normalized spacial score (nSPS) is 16.1. The molecule has 0 aliphatic rings. The van der Waals surface area contributed by atoms with E-state index in [2.05, 4.69) is 0 Å². The van der Waals surface area contributed by atoms with Crippen LogP contribution in [0.5, 0.6) is 0 Å². The van der Waals surface area contributed by atoms with Crippen LogP contribution in [0.2, 0.25) is 12.1 Å². The van der Waals surface area contributed by atoms with Gasteiger partial charge in [-0.05, 0) is 13.8 Å². The molecule has 0 amide bonds. The van der Waals surface area contributed by atoms with Crippen LogP contribution < -0.4 is 0 Å². The molecular formula is C10H18F6O2Si. The third-order valence-electron chi connectivity index (χ3n) is 2.37. The first-order chi connectivity index (χ1) is 8.78. The molecule has 116 valence electrons.